The second kappa shape index (κ2) is 11.2. The smallest absolute Gasteiger partial charge is 0.319 e. The van der Waals surface area contributed by atoms with Gasteiger partial charge in [0.15, 0.2) is 11.6 Å². The van der Waals surface area contributed by atoms with Crippen molar-refractivity contribution in [2.45, 2.75) is 37.3 Å². The lowest BCUT2D eigenvalue weighted by Gasteiger charge is -2.31. The summed E-state index contributed by atoms with van der Waals surface area (Å²) in [6.07, 6.45) is 5.46. The number of nitrogen functional groups attached to an aromatic ring is 1. The molecule has 0 unspecified atom stereocenters. The third-order valence-corrected chi connectivity index (χ3v) is 10.3. The second-order valence-electron chi connectivity index (χ2n) is 11.6. The molecule has 5 heterocycles. The summed E-state index contributed by atoms with van der Waals surface area (Å²) < 4.78 is 72.0. The molecule has 0 aliphatic carbocycles. The first kappa shape index (κ1) is 30.4. The maximum Gasteiger partial charge on any atom is 0.319 e. The summed E-state index contributed by atoms with van der Waals surface area (Å²) in [5.74, 6) is 0.604. The van der Waals surface area contributed by atoms with E-state index in [0.717, 1.165) is 53.8 Å². The summed E-state index contributed by atoms with van der Waals surface area (Å²) in [7, 11) is 0. The number of fused-ring (bicyclic) bond motifs is 2. The molecule has 3 aliphatic rings. The molecule has 7 rings (SSSR count). The lowest BCUT2D eigenvalue weighted by Crippen LogP contribution is -2.43. The Bertz CT molecular complexity index is 2040. The molecule has 2 saturated heterocycles. The highest BCUT2D eigenvalue weighted by atomic mass is 35.5. The highest BCUT2D eigenvalue weighted by Gasteiger charge is 2.47. The zero-order valence-electron chi connectivity index (χ0n) is 24.2. The van der Waals surface area contributed by atoms with Crippen LogP contribution in [0.15, 0.2) is 24.3 Å². The van der Waals surface area contributed by atoms with Crippen LogP contribution in [0.25, 0.3) is 32.1 Å². The van der Waals surface area contributed by atoms with E-state index >= 15 is 4.39 Å². The van der Waals surface area contributed by atoms with Gasteiger partial charge in [0.2, 0.25) is 0 Å². The minimum absolute atomic E-state index is 0.0373. The largest absolute Gasteiger partial charge is 0.488 e. The number of nitrogens with two attached hydrogens (primary N) is 1. The number of aromatic nitrogens is 2. The van der Waals surface area contributed by atoms with Crippen molar-refractivity contribution in [2.24, 2.45) is 0 Å². The standard InChI is InChI=1S/C32H25ClF4N6O2S/c1-3-16-13-44-27-23-26(25(37)22(24(27)33)17-5-6-19(34)28-21(17)18(10-38)29(39)46-28)40-31(41-30(23)43(16)12-20(35)36)45-14-32-7-4-8-42(32)11-15(2)9-32/h1,5-6,16,20H,2,4,7-9,11-14,39H2/t16-,32+/m1/s1. The molecule has 2 atom stereocenters. The Hall–Kier alpha value is -4.30. The van der Waals surface area contributed by atoms with E-state index in [-0.39, 0.29) is 84.0 Å². The highest BCUT2D eigenvalue weighted by Crippen LogP contribution is 2.51. The number of rotatable bonds is 6. The number of alkyl halides is 2. The van der Waals surface area contributed by atoms with Crippen LogP contribution < -0.4 is 20.1 Å². The molecule has 3 aliphatic heterocycles. The number of hydrogen-bond acceptors (Lipinski definition) is 9. The maximum absolute atomic E-state index is 17.0. The van der Waals surface area contributed by atoms with Crippen molar-refractivity contribution >= 4 is 54.7 Å². The van der Waals surface area contributed by atoms with Gasteiger partial charge in [-0.15, -0.1) is 17.8 Å². The molecule has 0 bridgehead atoms. The molecular formula is C32H25ClF4N6O2S. The quantitative estimate of drug-likeness (QED) is 0.141. The second-order valence-corrected chi connectivity index (χ2v) is 13.1. The molecule has 0 amide bonds. The Morgan fingerprint density at radius 1 is 1.30 bits per heavy atom. The third-order valence-electron chi connectivity index (χ3n) is 8.91. The van der Waals surface area contributed by atoms with Crippen LogP contribution in [0.5, 0.6) is 11.8 Å². The van der Waals surface area contributed by atoms with Crippen LogP contribution in [-0.2, 0) is 0 Å². The van der Waals surface area contributed by atoms with Gasteiger partial charge < -0.3 is 20.1 Å². The van der Waals surface area contributed by atoms with Crippen LogP contribution >= 0.6 is 22.9 Å². The summed E-state index contributed by atoms with van der Waals surface area (Å²) in [6, 6.07) is 3.09. The molecule has 8 nitrogen and oxygen atoms in total. The highest BCUT2D eigenvalue weighted by molar-refractivity contribution is 7.23. The van der Waals surface area contributed by atoms with Crippen LogP contribution in [-0.4, -0.2) is 65.7 Å². The van der Waals surface area contributed by atoms with Crippen molar-refractivity contribution in [3.05, 3.63) is 46.5 Å². The first-order valence-electron chi connectivity index (χ1n) is 14.4. The summed E-state index contributed by atoms with van der Waals surface area (Å²) in [5, 5.41) is 9.64. The topological polar surface area (TPSA) is 101 Å². The number of hydrogen-bond donors (Lipinski definition) is 1. The summed E-state index contributed by atoms with van der Waals surface area (Å²) in [4.78, 5) is 12.4. The predicted molar refractivity (Wildman–Crippen MR) is 169 cm³/mol. The number of ether oxygens (including phenoxy) is 2. The SMILES string of the molecule is C#C[C@@H]1COc2c(Cl)c(-c3ccc(F)c4sc(N)c(C#N)c34)c(F)c3nc(OC[C@@]45CCCN4CC(=C)C5)nc(c23)N1CC(F)F. The average Bonchev–Trinajstić information content (AvgIpc) is 3.63. The number of nitrogens with zero attached hydrogens (tertiary/aromatic N) is 5. The molecule has 46 heavy (non-hydrogen) atoms. The van der Waals surface area contributed by atoms with E-state index in [1.54, 1.807) is 0 Å². The van der Waals surface area contributed by atoms with Crippen LogP contribution in [0.4, 0.5) is 28.4 Å². The number of anilines is 2. The van der Waals surface area contributed by atoms with E-state index in [0.29, 0.717) is 6.42 Å². The Kier molecular flexibility index (Phi) is 7.39. The normalized spacial score (nSPS) is 21.0. The molecule has 2 fully saturated rings. The molecule has 0 radical (unpaired) electrons. The Morgan fingerprint density at radius 3 is 2.85 bits per heavy atom. The van der Waals surface area contributed by atoms with Gasteiger partial charge in [-0.25, -0.2) is 17.6 Å². The predicted octanol–water partition coefficient (Wildman–Crippen LogP) is 6.54. The van der Waals surface area contributed by atoms with Gasteiger partial charge in [0, 0.05) is 17.5 Å². The van der Waals surface area contributed by atoms with E-state index in [4.69, 9.17) is 33.2 Å². The van der Waals surface area contributed by atoms with Crippen molar-refractivity contribution in [3.63, 3.8) is 0 Å². The van der Waals surface area contributed by atoms with Crippen molar-refractivity contribution in [3.8, 4) is 41.3 Å². The fraction of sp³-hybridized carbons (Fsp3) is 0.344. The average molecular weight is 669 g/mol. The van der Waals surface area contributed by atoms with Crippen molar-refractivity contribution in [2.75, 3.05) is 43.5 Å². The monoisotopic (exact) mass is 668 g/mol. The molecule has 2 N–H and O–H groups in total. The summed E-state index contributed by atoms with van der Waals surface area (Å²) in [5.41, 5.74) is 6.22. The van der Waals surface area contributed by atoms with Gasteiger partial charge in [-0.05, 0) is 37.4 Å². The molecular weight excluding hydrogens is 644 g/mol. The molecule has 4 aromatic rings. The van der Waals surface area contributed by atoms with Crippen LogP contribution in [0.1, 0.15) is 24.8 Å². The number of benzene rings is 2. The first-order valence-corrected chi connectivity index (χ1v) is 15.6. The van der Waals surface area contributed by atoms with Gasteiger partial charge >= 0.3 is 6.01 Å². The summed E-state index contributed by atoms with van der Waals surface area (Å²) >= 11 is 7.71. The van der Waals surface area contributed by atoms with Crippen molar-refractivity contribution in [1.29, 1.82) is 5.26 Å². The van der Waals surface area contributed by atoms with Crippen LogP contribution in [0.2, 0.25) is 5.02 Å². The lowest BCUT2D eigenvalue weighted by molar-refractivity contribution is 0.108. The number of halogens is 5. The lowest BCUT2D eigenvalue weighted by atomic mass is 9.94. The Labute approximate surface area is 270 Å². The van der Waals surface area contributed by atoms with Gasteiger partial charge in [0.1, 0.15) is 47.5 Å². The first-order chi connectivity index (χ1) is 22.1. The zero-order chi connectivity index (χ0) is 32.5. The molecule has 0 spiro atoms. The Balaban J connectivity index is 1.48. The molecule has 2 aromatic heterocycles. The molecule has 14 heteroatoms. The minimum Gasteiger partial charge on any atom is -0.488 e. The van der Waals surface area contributed by atoms with E-state index in [1.165, 1.54) is 6.07 Å². The Morgan fingerprint density at radius 2 is 2.11 bits per heavy atom. The molecule has 2 aromatic carbocycles. The molecule has 0 saturated carbocycles. The van der Waals surface area contributed by atoms with E-state index in [1.807, 2.05) is 6.07 Å². The van der Waals surface area contributed by atoms with E-state index in [2.05, 4.69) is 27.4 Å². The van der Waals surface area contributed by atoms with Crippen LogP contribution in [0, 0.1) is 35.3 Å². The minimum atomic E-state index is -2.83. The maximum atomic E-state index is 17.0. The fourth-order valence-corrected chi connectivity index (χ4v) is 8.22. The zero-order valence-corrected chi connectivity index (χ0v) is 25.8. The van der Waals surface area contributed by atoms with Crippen LogP contribution in [0.3, 0.4) is 0 Å². The summed E-state index contributed by atoms with van der Waals surface area (Å²) in [6.45, 7) is 4.79. The fourth-order valence-electron chi connectivity index (χ4n) is 6.93. The van der Waals surface area contributed by atoms with E-state index in [9.17, 15) is 18.4 Å². The number of terminal acetylenes is 1. The third kappa shape index (κ3) is 4.60. The molecule has 236 valence electrons. The van der Waals surface area contributed by atoms with Crippen molar-refractivity contribution in [1.82, 2.24) is 14.9 Å². The van der Waals surface area contributed by atoms with E-state index < -0.39 is 30.6 Å². The van der Waals surface area contributed by atoms with Gasteiger partial charge in [0.25, 0.3) is 6.43 Å². The van der Waals surface area contributed by atoms with Gasteiger partial charge in [-0.3, -0.25) is 4.90 Å². The van der Waals surface area contributed by atoms with Gasteiger partial charge in [-0.1, -0.05) is 35.7 Å². The number of thiophene rings is 1. The van der Waals surface area contributed by atoms with Gasteiger partial charge in [0.05, 0.1) is 32.8 Å². The van der Waals surface area contributed by atoms with Gasteiger partial charge in [-0.2, -0.15) is 15.2 Å². The number of nitriles is 1. The van der Waals surface area contributed by atoms with Crippen molar-refractivity contribution < 1.29 is 27.0 Å².